The van der Waals surface area contributed by atoms with Gasteiger partial charge in [0.05, 0.1) is 29.0 Å². The molecule has 0 bridgehead atoms. The van der Waals surface area contributed by atoms with Crippen LogP contribution >= 0.6 is 11.6 Å². The number of benzene rings is 1. The van der Waals surface area contributed by atoms with E-state index in [-0.39, 0.29) is 5.91 Å². The van der Waals surface area contributed by atoms with Crippen LogP contribution in [0.15, 0.2) is 36.7 Å². The van der Waals surface area contributed by atoms with Crippen LogP contribution in [0.3, 0.4) is 0 Å². The molecule has 22 heavy (non-hydrogen) atoms. The molecule has 0 atom stereocenters. The van der Waals surface area contributed by atoms with E-state index in [2.05, 4.69) is 25.5 Å². The Kier molecular flexibility index (Phi) is 4.29. The van der Waals surface area contributed by atoms with Crippen LogP contribution in [0.5, 0.6) is 0 Å². The van der Waals surface area contributed by atoms with Crippen molar-refractivity contribution in [2.45, 2.75) is 12.8 Å². The van der Waals surface area contributed by atoms with Crippen LogP contribution in [0, 0.1) is 0 Å². The van der Waals surface area contributed by atoms with Gasteiger partial charge in [0.15, 0.2) is 0 Å². The lowest BCUT2D eigenvalue weighted by molar-refractivity contribution is 0.0952. The normalized spacial score (nSPS) is 10.8. The van der Waals surface area contributed by atoms with Crippen molar-refractivity contribution >= 4 is 28.5 Å². The molecular formula is C15H14ClN5O. The van der Waals surface area contributed by atoms with Crippen molar-refractivity contribution < 1.29 is 4.79 Å². The second-order valence-electron chi connectivity index (χ2n) is 4.84. The van der Waals surface area contributed by atoms with E-state index in [1.165, 1.54) is 12.4 Å². The molecule has 0 radical (unpaired) electrons. The fraction of sp³-hybridized carbons (Fsp3) is 0.200. The lowest BCUT2D eigenvalue weighted by atomic mass is 10.2. The zero-order chi connectivity index (χ0) is 15.4. The van der Waals surface area contributed by atoms with E-state index in [4.69, 9.17) is 11.6 Å². The van der Waals surface area contributed by atoms with Crippen LogP contribution in [-0.2, 0) is 6.42 Å². The molecule has 1 aromatic carbocycles. The zero-order valence-electron chi connectivity index (χ0n) is 11.7. The second-order valence-corrected chi connectivity index (χ2v) is 5.27. The summed E-state index contributed by atoms with van der Waals surface area (Å²) in [5.74, 6) is 0.739. The highest BCUT2D eigenvalue weighted by Crippen LogP contribution is 2.17. The van der Waals surface area contributed by atoms with Gasteiger partial charge >= 0.3 is 0 Å². The molecule has 0 fully saturated rings. The first-order chi connectivity index (χ1) is 10.7. The minimum atomic E-state index is -0.147. The van der Waals surface area contributed by atoms with Gasteiger partial charge in [0, 0.05) is 18.0 Å². The van der Waals surface area contributed by atoms with E-state index in [0.29, 0.717) is 17.1 Å². The van der Waals surface area contributed by atoms with Crippen molar-refractivity contribution in [3.05, 3.63) is 53.1 Å². The van der Waals surface area contributed by atoms with Crippen LogP contribution in [0.4, 0.5) is 0 Å². The highest BCUT2D eigenvalue weighted by Gasteiger charge is 2.06. The Labute approximate surface area is 131 Å². The minimum absolute atomic E-state index is 0.147. The number of hydrogen-bond acceptors (Lipinski definition) is 4. The molecule has 0 aliphatic heterocycles. The Morgan fingerprint density at radius 1 is 1.27 bits per heavy atom. The Bertz CT molecular complexity index is 787. The van der Waals surface area contributed by atoms with Crippen molar-refractivity contribution in [3.8, 4) is 0 Å². The first-order valence-corrected chi connectivity index (χ1v) is 7.29. The first kappa shape index (κ1) is 14.5. The Morgan fingerprint density at radius 3 is 3.00 bits per heavy atom. The number of halogens is 1. The third-order valence-corrected chi connectivity index (χ3v) is 3.45. The molecule has 3 aromatic rings. The fourth-order valence-corrected chi connectivity index (χ4v) is 2.31. The lowest BCUT2D eigenvalue weighted by Gasteiger charge is -2.03. The summed E-state index contributed by atoms with van der Waals surface area (Å²) >= 11 is 5.94. The van der Waals surface area contributed by atoms with E-state index in [9.17, 15) is 4.79 Å². The third kappa shape index (κ3) is 3.40. The highest BCUT2D eigenvalue weighted by atomic mass is 35.5. The number of nitrogens with one attached hydrogen (secondary N) is 2. The summed E-state index contributed by atoms with van der Waals surface area (Å²) in [5, 5.41) is 10.8. The predicted molar refractivity (Wildman–Crippen MR) is 83.8 cm³/mol. The number of carbonyl (C=O) groups is 1. The second kappa shape index (κ2) is 6.53. The molecule has 2 N–H and O–H groups in total. The van der Waals surface area contributed by atoms with Gasteiger partial charge in [-0.05, 0) is 30.7 Å². The minimum Gasteiger partial charge on any atom is -0.352 e. The Morgan fingerprint density at radius 2 is 2.18 bits per heavy atom. The molecule has 0 saturated heterocycles. The molecule has 0 aliphatic rings. The monoisotopic (exact) mass is 315 g/mol. The third-order valence-electron chi connectivity index (χ3n) is 3.22. The van der Waals surface area contributed by atoms with Crippen molar-refractivity contribution in [1.82, 2.24) is 25.5 Å². The number of aromatic amines is 1. The van der Waals surface area contributed by atoms with Crippen molar-refractivity contribution in [1.29, 1.82) is 0 Å². The number of hydrogen-bond donors (Lipinski definition) is 2. The van der Waals surface area contributed by atoms with Crippen molar-refractivity contribution in [2.75, 3.05) is 6.54 Å². The summed E-state index contributed by atoms with van der Waals surface area (Å²) in [6.45, 7) is 0.568. The number of aryl methyl sites for hydroxylation is 1. The van der Waals surface area contributed by atoms with Gasteiger partial charge in [-0.25, -0.2) is 4.98 Å². The number of carbonyl (C=O) groups excluding carboxylic acids is 1. The molecule has 0 aliphatic carbocycles. The number of rotatable bonds is 5. The molecule has 7 heteroatoms. The van der Waals surface area contributed by atoms with E-state index in [0.717, 1.165) is 29.7 Å². The molecular weight excluding hydrogens is 302 g/mol. The van der Waals surface area contributed by atoms with Crippen LogP contribution in [0.2, 0.25) is 5.02 Å². The largest absolute Gasteiger partial charge is 0.352 e. The predicted octanol–water partition coefficient (Wildman–Crippen LogP) is 2.37. The van der Waals surface area contributed by atoms with Gasteiger partial charge in [-0.1, -0.05) is 11.6 Å². The zero-order valence-corrected chi connectivity index (χ0v) is 12.5. The molecule has 6 nitrogen and oxygen atoms in total. The fourth-order valence-electron chi connectivity index (χ4n) is 2.14. The van der Waals surface area contributed by atoms with Gasteiger partial charge in [0.1, 0.15) is 5.82 Å². The van der Waals surface area contributed by atoms with Gasteiger partial charge in [-0.2, -0.15) is 10.2 Å². The molecule has 3 rings (SSSR count). The average Bonchev–Trinajstić information content (AvgIpc) is 2.94. The number of nitrogens with zero attached hydrogens (tertiary/aromatic N) is 3. The van der Waals surface area contributed by atoms with E-state index in [1.807, 2.05) is 18.2 Å². The van der Waals surface area contributed by atoms with Gasteiger partial charge in [-0.15, -0.1) is 0 Å². The number of fused-ring (bicyclic) bond motifs is 1. The molecule has 112 valence electrons. The first-order valence-electron chi connectivity index (χ1n) is 6.91. The maximum absolute atomic E-state index is 11.8. The molecule has 0 unspecified atom stereocenters. The maximum atomic E-state index is 11.8. The SMILES string of the molecule is O=C(NCCCc1nc2ccc(Cl)cc2[nH]1)c1ccnnc1. The standard InChI is InChI=1S/C15H14ClN5O/c16-11-3-4-12-13(8-11)21-14(20-12)2-1-6-17-15(22)10-5-7-18-19-9-10/h3-5,7-9H,1-2,6H2,(H,17,22)(H,20,21). The summed E-state index contributed by atoms with van der Waals surface area (Å²) in [4.78, 5) is 19.5. The smallest absolute Gasteiger partial charge is 0.252 e. The number of aromatic nitrogens is 4. The Balaban J connectivity index is 1.51. The quantitative estimate of drug-likeness (QED) is 0.708. The molecule has 0 saturated carbocycles. The number of amides is 1. The number of H-pyrrole nitrogens is 1. The summed E-state index contributed by atoms with van der Waals surface area (Å²) in [6, 6.07) is 7.18. The van der Waals surface area contributed by atoms with E-state index in [1.54, 1.807) is 6.07 Å². The van der Waals surface area contributed by atoms with Crippen molar-refractivity contribution in [3.63, 3.8) is 0 Å². The van der Waals surface area contributed by atoms with Crippen LogP contribution in [0.25, 0.3) is 11.0 Å². The average molecular weight is 316 g/mol. The maximum Gasteiger partial charge on any atom is 0.252 e. The molecule has 2 aromatic heterocycles. The van der Waals surface area contributed by atoms with Crippen LogP contribution < -0.4 is 5.32 Å². The molecule has 0 spiro atoms. The van der Waals surface area contributed by atoms with Gasteiger partial charge < -0.3 is 10.3 Å². The Hall–Kier alpha value is -2.47. The van der Waals surface area contributed by atoms with Crippen LogP contribution in [0.1, 0.15) is 22.6 Å². The summed E-state index contributed by atoms with van der Waals surface area (Å²) in [5.41, 5.74) is 2.33. The van der Waals surface area contributed by atoms with E-state index < -0.39 is 0 Å². The van der Waals surface area contributed by atoms with Crippen molar-refractivity contribution in [2.24, 2.45) is 0 Å². The topological polar surface area (TPSA) is 83.6 Å². The molecule has 2 heterocycles. The summed E-state index contributed by atoms with van der Waals surface area (Å²) in [6.07, 6.45) is 4.48. The van der Waals surface area contributed by atoms with E-state index >= 15 is 0 Å². The summed E-state index contributed by atoms with van der Waals surface area (Å²) < 4.78 is 0. The van der Waals surface area contributed by atoms with Gasteiger partial charge in [0.25, 0.3) is 5.91 Å². The van der Waals surface area contributed by atoms with Gasteiger partial charge in [0.2, 0.25) is 0 Å². The van der Waals surface area contributed by atoms with Crippen LogP contribution in [-0.4, -0.2) is 32.6 Å². The number of imidazole rings is 1. The summed E-state index contributed by atoms with van der Waals surface area (Å²) in [7, 11) is 0. The molecule has 1 amide bonds. The van der Waals surface area contributed by atoms with Gasteiger partial charge in [-0.3, -0.25) is 4.79 Å². The lowest BCUT2D eigenvalue weighted by Crippen LogP contribution is -2.25. The highest BCUT2D eigenvalue weighted by molar-refractivity contribution is 6.31.